The second-order valence-electron chi connectivity index (χ2n) is 4.74. The number of aryl methyl sites for hydroxylation is 1. The highest BCUT2D eigenvalue weighted by Crippen LogP contribution is 2.27. The van der Waals surface area contributed by atoms with Crippen LogP contribution in [-0.4, -0.2) is 24.9 Å². The van der Waals surface area contributed by atoms with Gasteiger partial charge < -0.3 is 4.90 Å². The van der Waals surface area contributed by atoms with E-state index in [9.17, 15) is 4.79 Å². The van der Waals surface area contributed by atoms with E-state index < -0.39 is 0 Å². The van der Waals surface area contributed by atoms with Gasteiger partial charge in [-0.3, -0.25) is 4.79 Å². The Labute approximate surface area is 132 Å². The minimum absolute atomic E-state index is 0.00142. The molecule has 21 heavy (non-hydrogen) atoms. The Morgan fingerprint density at radius 2 is 1.71 bits per heavy atom. The van der Waals surface area contributed by atoms with Crippen LogP contribution in [-0.2, 0) is 0 Å². The Morgan fingerprint density at radius 3 is 2.33 bits per heavy atom. The van der Waals surface area contributed by atoms with Crippen molar-refractivity contribution in [2.45, 2.75) is 20.8 Å². The lowest BCUT2D eigenvalue weighted by Crippen LogP contribution is -2.21. The molecule has 0 atom stereocenters. The number of hydrogen-bond donors (Lipinski definition) is 0. The lowest BCUT2D eigenvalue weighted by molar-refractivity contribution is 0.0827. The summed E-state index contributed by atoms with van der Waals surface area (Å²) in [4.78, 5) is 13.6. The highest BCUT2D eigenvalue weighted by molar-refractivity contribution is 6.30. The number of amides is 1. The van der Waals surface area contributed by atoms with Gasteiger partial charge >= 0.3 is 0 Å². The highest BCUT2D eigenvalue weighted by atomic mass is 35.5. The number of rotatable bonds is 2. The Morgan fingerprint density at radius 1 is 1.05 bits per heavy atom. The first kappa shape index (κ1) is 17.3. The van der Waals surface area contributed by atoms with Gasteiger partial charge in [0.1, 0.15) is 0 Å². The predicted octanol–water partition coefficient (Wildman–Crippen LogP) is 5.04. The van der Waals surface area contributed by atoms with Gasteiger partial charge in [-0.15, -0.1) is 0 Å². The Kier molecular flexibility index (Phi) is 6.44. The van der Waals surface area contributed by atoms with Crippen LogP contribution in [0, 0.1) is 6.92 Å². The van der Waals surface area contributed by atoms with Crippen LogP contribution in [0.1, 0.15) is 29.8 Å². The zero-order valence-electron chi connectivity index (χ0n) is 13.3. The average Bonchev–Trinajstić information content (AvgIpc) is 2.51. The molecule has 0 unspecified atom stereocenters. The van der Waals surface area contributed by atoms with E-state index in [1.165, 1.54) is 0 Å². The van der Waals surface area contributed by atoms with Gasteiger partial charge in [0.05, 0.1) is 0 Å². The molecule has 2 nitrogen and oxygen atoms in total. The normalized spacial score (nSPS) is 9.62. The van der Waals surface area contributed by atoms with Gasteiger partial charge in [0.25, 0.3) is 5.91 Å². The maximum atomic E-state index is 12.0. The molecule has 1 amide bonds. The summed E-state index contributed by atoms with van der Waals surface area (Å²) in [6, 6.07) is 13.4. The molecule has 0 fully saturated rings. The molecule has 0 heterocycles. The lowest BCUT2D eigenvalue weighted by atomic mass is 9.98. The summed E-state index contributed by atoms with van der Waals surface area (Å²) < 4.78 is 0. The van der Waals surface area contributed by atoms with Crippen molar-refractivity contribution in [3.05, 3.63) is 58.6 Å². The van der Waals surface area contributed by atoms with Crippen molar-refractivity contribution in [1.29, 1.82) is 0 Å². The smallest absolute Gasteiger partial charge is 0.253 e. The van der Waals surface area contributed by atoms with Crippen LogP contribution in [0.2, 0.25) is 5.02 Å². The summed E-state index contributed by atoms with van der Waals surface area (Å²) in [5, 5.41) is 0.699. The first-order chi connectivity index (χ1) is 9.99. The molecule has 0 spiro atoms. The maximum Gasteiger partial charge on any atom is 0.253 e. The van der Waals surface area contributed by atoms with Crippen molar-refractivity contribution < 1.29 is 4.79 Å². The number of carbonyl (C=O) groups excluding carboxylic acids is 1. The summed E-state index contributed by atoms with van der Waals surface area (Å²) in [7, 11) is 3.50. The van der Waals surface area contributed by atoms with Gasteiger partial charge in [-0.05, 0) is 47.9 Å². The number of halogens is 1. The van der Waals surface area contributed by atoms with Crippen molar-refractivity contribution in [2.75, 3.05) is 14.1 Å². The van der Waals surface area contributed by atoms with E-state index in [0.717, 1.165) is 16.7 Å². The van der Waals surface area contributed by atoms with Crippen LogP contribution in [0.15, 0.2) is 42.5 Å². The van der Waals surface area contributed by atoms with Gasteiger partial charge in [0.2, 0.25) is 0 Å². The third kappa shape index (κ3) is 4.33. The van der Waals surface area contributed by atoms with Crippen molar-refractivity contribution in [1.82, 2.24) is 4.90 Å². The highest BCUT2D eigenvalue weighted by Gasteiger charge is 2.10. The third-order valence-corrected chi connectivity index (χ3v) is 3.26. The van der Waals surface area contributed by atoms with Crippen LogP contribution in [0.4, 0.5) is 0 Å². The van der Waals surface area contributed by atoms with Crippen LogP contribution < -0.4 is 0 Å². The lowest BCUT2D eigenvalue weighted by Gasteiger charge is -2.12. The van der Waals surface area contributed by atoms with E-state index in [4.69, 9.17) is 11.6 Å². The second kappa shape index (κ2) is 7.84. The summed E-state index contributed by atoms with van der Waals surface area (Å²) >= 11 is 6.04. The summed E-state index contributed by atoms with van der Waals surface area (Å²) in [5.74, 6) is 0.00142. The first-order valence-corrected chi connectivity index (χ1v) is 7.45. The molecular weight excluding hydrogens is 282 g/mol. The van der Waals surface area contributed by atoms with Gasteiger partial charge in [-0.1, -0.05) is 43.6 Å². The third-order valence-electron chi connectivity index (χ3n) is 3.03. The molecule has 0 saturated carbocycles. The molecule has 0 bridgehead atoms. The quantitative estimate of drug-likeness (QED) is 0.761. The standard InChI is InChI=1S/C16H16ClNO.C2H6/c1-11-7-8-14(17)10-15(11)12-5-4-6-13(9-12)16(19)18(2)3;1-2/h4-10H,1-3H3;1-2H3. The molecule has 112 valence electrons. The average molecular weight is 304 g/mol. The molecule has 0 N–H and O–H groups in total. The Bertz CT molecular complexity index is 620. The van der Waals surface area contributed by atoms with Crippen LogP contribution in [0.5, 0.6) is 0 Å². The molecule has 0 saturated heterocycles. The van der Waals surface area contributed by atoms with Crippen molar-refractivity contribution in [3.63, 3.8) is 0 Å². The molecule has 3 heteroatoms. The topological polar surface area (TPSA) is 20.3 Å². The molecule has 0 aliphatic carbocycles. The second-order valence-corrected chi connectivity index (χ2v) is 5.18. The van der Waals surface area contributed by atoms with Gasteiger partial charge in [-0.2, -0.15) is 0 Å². The number of hydrogen-bond acceptors (Lipinski definition) is 1. The zero-order chi connectivity index (χ0) is 16.0. The van der Waals surface area contributed by atoms with E-state index in [-0.39, 0.29) is 5.91 Å². The molecular formula is C18H22ClNO. The van der Waals surface area contributed by atoms with E-state index in [1.807, 2.05) is 63.2 Å². The van der Waals surface area contributed by atoms with E-state index in [0.29, 0.717) is 10.6 Å². The maximum absolute atomic E-state index is 12.0. The molecule has 0 aliphatic rings. The molecule has 0 radical (unpaired) electrons. The fourth-order valence-corrected chi connectivity index (χ4v) is 2.16. The van der Waals surface area contributed by atoms with Gasteiger partial charge in [0.15, 0.2) is 0 Å². The van der Waals surface area contributed by atoms with Crippen LogP contribution in [0.25, 0.3) is 11.1 Å². The predicted molar refractivity (Wildman–Crippen MR) is 91.0 cm³/mol. The van der Waals surface area contributed by atoms with Crippen molar-refractivity contribution in [2.24, 2.45) is 0 Å². The van der Waals surface area contributed by atoms with Crippen LogP contribution in [0.3, 0.4) is 0 Å². The fourth-order valence-electron chi connectivity index (χ4n) is 1.98. The van der Waals surface area contributed by atoms with E-state index in [1.54, 1.807) is 19.0 Å². The van der Waals surface area contributed by atoms with Gasteiger partial charge in [-0.25, -0.2) is 0 Å². The molecule has 2 aromatic rings. The van der Waals surface area contributed by atoms with Crippen LogP contribution >= 0.6 is 11.6 Å². The number of carbonyl (C=O) groups is 1. The molecule has 0 aliphatic heterocycles. The number of nitrogens with zero attached hydrogens (tertiary/aromatic N) is 1. The molecule has 2 aromatic carbocycles. The largest absolute Gasteiger partial charge is 0.345 e. The Balaban J connectivity index is 0.00000106. The van der Waals surface area contributed by atoms with E-state index in [2.05, 4.69) is 0 Å². The minimum Gasteiger partial charge on any atom is -0.345 e. The molecule has 0 aromatic heterocycles. The first-order valence-electron chi connectivity index (χ1n) is 7.07. The fraction of sp³-hybridized carbons (Fsp3) is 0.278. The summed E-state index contributed by atoms with van der Waals surface area (Å²) in [5.41, 5.74) is 3.88. The number of benzene rings is 2. The minimum atomic E-state index is 0.00142. The Hall–Kier alpha value is -1.80. The monoisotopic (exact) mass is 303 g/mol. The zero-order valence-corrected chi connectivity index (χ0v) is 14.0. The van der Waals surface area contributed by atoms with Crippen molar-refractivity contribution in [3.8, 4) is 11.1 Å². The molecule has 2 rings (SSSR count). The van der Waals surface area contributed by atoms with Gasteiger partial charge in [0, 0.05) is 24.7 Å². The summed E-state index contributed by atoms with van der Waals surface area (Å²) in [6.45, 7) is 6.03. The SMILES string of the molecule is CC.Cc1ccc(Cl)cc1-c1cccc(C(=O)N(C)C)c1. The van der Waals surface area contributed by atoms with E-state index >= 15 is 0 Å². The summed E-state index contributed by atoms with van der Waals surface area (Å²) in [6.07, 6.45) is 0. The van der Waals surface area contributed by atoms with Crippen molar-refractivity contribution >= 4 is 17.5 Å².